The Bertz CT molecular complexity index is 603. The highest BCUT2D eigenvalue weighted by atomic mass is 79.9. The molecule has 0 unspecified atom stereocenters. The molecule has 1 aliphatic carbocycles. The van der Waals surface area contributed by atoms with Gasteiger partial charge in [0.2, 0.25) is 0 Å². The maximum absolute atomic E-state index is 6.00. The van der Waals surface area contributed by atoms with Crippen LogP contribution in [0.25, 0.3) is 0 Å². The van der Waals surface area contributed by atoms with Crippen molar-refractivity contribution in [3.05, 3.63) is 43.9 Å². The fraction of sp³-hybridized carbons (Fsp3) is 0.500. The van der Waals surface area contributed by atoms with Crippen molar-refractivity contribution in [2.45, 2.75) is 45.4 Å². The van der Waals surface area contributed by atoms with Gasteiger partial charge in [-0.2, -0.15) is 0 Å². The molecule has 2 heterocycles. The van der Waals surface area contributed by atoms with E-state index in [0.717, 1.165) is 37.2 Å². The molecule has 1 saturated carbocycles. The van der Waals surface area contributed by atoms with Crippen LogP contribution in [0.2, 0.25) is 0 Å². The van der Waals surface area contributed by atoms with Gasteiger partial charge in [0.1, 0.15) is 11.5 Å². The van der Waals surface area contributed by atoms with Crippen LogP contribution in [0.4, 0.5) is 0 Å². The molecule has 1 N–H and O–H groups in total. The van der Waals surface area contributed by atoms with E-state index in [4.69, 9.17) is 4.42 Å². The Morgan fingerprint density at radius 3 is 2.86 bits per heavy atom. The lowest BCUT2D eigenvalue weighted by atomic mass is 10.2. The van der Waals surface area contributed by atoms with E-state index in [1.807, 2.05) is 0 Å². The average molecular weight is 369 g/mol. The highest BCUT2D eigenvalue weighted by Gasteiger charge is 2.21. The molecular formula is C16H21BrN2OS. The number of thiophene rings is 1. The topological polar surface area (TPSA) is 28.4 Å². The van der Waals surface area contributed by atoms with Gasteiger partial charge in [0.05, 0.1) is 16.9 Å². The average Bonchev–Trinajstić information content (AvgIpc) is 3.07. The van der Waals surface area contributed by atoms with Crippen molar-refractivity contribution in [1.82, 2.24) is 10.2 Å². The monoisotopic (exact) mass is 368 g/mol. The van der Waals surface area contributed by atoms with E-state index in [0.29, 0.717) is 0 Å². The van der Waals surface area contributed by atoms with Gasteiger partial charge < -0.3 is 9.73 Å². The Kier molecular flexibility index (Phi) is 4.84. The van der Waals surface area contributed by atoms with Crippen molar-refractivity contribution in [2.24, 2.45) is 0 Å². The third kappa shape index (κ3) is 4.42. The zero-order valence-electron chi connectivity index (χ0n) is 12.5. The van der Waals surface area contributed by atoms with Crippen molar-refractivity contribution in [3.8, 4) is 0 Å². The SMILES string of the molecule is Cc1cc(CN(C)Cc2csc(Br)c2)oc1CNC1CC1. The molecule has 1 fully saturated rings. The van der Waals surface area contributed by atoms with Gasteiger partial charge in [0.15, 0.2) is 0 Å². The zero-order chi connectivity index (χ0) is 14.8. The second kappa shape index (κ2) is 6.65. The van der Waals surface area contributed by atoms with Crippen LogP contribution in [-0.2, 0) is 19.6 Å². The molecule has 21 heavy (non-hydrogen) atoms. The molecule has 3 nitrogen and oxygen atoms in total. The number of hydrogen-bond donors (Lipinski definition) is 1. The predicted octanol–water partition coefficient (Wildman–Crippen LogP) is 4.30. The van der Waals surface area contributed by atoms with Crippen LogP contribution in [0.1, 0.15) is 35.5 Å². The summed E-state index contributed by atoms with van der Waals surface area (Å²) in [5.74, 6) is 2.14. The molecule has 1 aliphatic rings. The van der Waals surface area contributed by atoms with Crippen LogP contribution in [0, 0.1) is 6.92 Å². The molecule has 2 aromatic heterocycles. The molecule has 114 valence electrons. The highest BCUT2D eigenvalue weighted by molar-refractivity contribution is 9.11. The number of nitrogens with zero attached hydrogens (tertiary/aromatic N) is 1. The van der Waals surface area contributed by atoms with Gasteiger partial charge in [-0.05, 0) is 71.4 Å². The zero-order valence-corrected chi connectivity index (χ0v) is 14.9. The lowest BCUT2D eigenvalue weighted by molar-refractivity contribution is 0.282. The molecule has 0 radical (unpaired) electrons. The lowest BCUT2D eigenvalue weighted by Gasteiger charge is -2.13. The van der Waals surface area contributed by atoms with E-state index in [-0.39, 0.29) is 0 Å². The summed E-state index contributed by atoms with van der Waals surface area (Å²) < 4.78 is 7.18. The van der Waals surface area contributed by atoms with Crippen LogP contribution in [0.5, 0.6) is 0 Å². The molecular weight excluding hydrogens is 348 g/mol. The quantitative estimate of drug-likeness (QED) is 0.789. The van der Waals surface area contributed by atoms with Crippen LogP contribution < -0.4 is 5.32 Å². The Balaban J connectivity index is 1.54. The summed E-state index contributed by atoms with van der Waals surface area (Å²) in [4.78, 5) is 2.28. The van der Waals surface area contributed by atoms with E-state index in [9.17, 15) is 0 Å². The van der Waals surface area contributed by atoms with E-state index < -0.39 is 0 Å². The summed E-state index contributed by atoms with van der Waals surface area (Å²) in [6, 6.07) is 5.07. The summed E-state index contributed by atoms with van der Waals surface area (Å²) in [5, 5.41) is 5.71. The molecule has 0 aromatic carbocycles. The molecule has 3 rings (SSSR count). The summed E-state index contributed by atoms with van der Waals surface area (Å²) >= 11 is 5.24. The number of rotatable bonds is 7. The van der Waals surface area contributed by atoms with E-state index in [2.05, 4.69) is 57.6 Å². The smallest absolute Gasteiger partial charge is 0.120 e. The van der Waals surface area contributed by atoms with Gasteiger partial charge in [-0.1, -0.05) is 0 Å². The van der Waals surface area contributed by atoms with Crippen molar-refractivity contribution in [2.75, 3.05) is 7.05 Å². The highest BCUT2D eigenvalue weighted by Crippen LogP contribution is 2.23. The summed E-state index contributed by atoms with van der Waals surface area (Å²) in [5.41, 5.74) is 2.60. The maximum Gasteiger partial charge on any atom is 0.120 e. The molecule has 2 aromatic rings. The third-order valence-corrected chi connectivity index (χ3v) is 5.25. The second-order valence-electron chi connectivity index (χ2n) is 5.91. The fourth-order valence-electron chi connectivity index (χ4n) is 2.43. The molecule has 0 amide bonds. The first-order valence-corrected chi connectivity index (χ1v) is 9.00. The minimum absolute atomic E-state index is 0.720. The maximum atomic E-state index is 6.00. The molecule has 0 atom stereocenters. The molecule has 0 saturated heterocycles. The Labute approximate surface area is 138 Å². The Hall–Kier alpha value is -0.620. The van der Waals surface area contributed by atoms with E-state index >= 15 is 0 Å². The molecule has 0 bridgehead atoms. The Morgan fingerprint density at radius 2 is 2.19 bits per heavy atom. The van der Waals surface area contributed by atoms with E-state index in [1.54, 1.807) is 11.3 Å². The summed E-state index contributed by atoms with van der Waals surface area (Å²) in [6.45, 7) is 4.78. The van der Waals surface area contributed by atoms with Gasteiger partial charge in [0.25, 0.3) is 0 Å². The Morgan fingerprint density at radius 1 is 1.38 bits per heavy atom. The van der Waals surface area contributed by atoms with Crippen molar-refractivity contribution >= 4 is 27.3 Å². The van der Waals surface area contributed by atoms with Crippen LogP contribution in [0.15, 0.2) is 25.7 Å². The second-order valence-corrected chi connectivity index (χ2v) is 8.20. The number of nitrogens with one attached hydrogen (secondary N) is 1. The number of hydrogen-bond acceptors (Lipinski definition) is 4. The van der Waals surface area contributed by atoms with Gasteiger partial charge in [-0.25, -0.2) is 0 Å². The van der Waals surface area contributed by atoms with Gasteiger partial charge >= 0.3 is 0 Å². The van der Waals surface area contributed by atoms with Crippen molar-refractivity contribution < 1.29 is 4.42 Å². The van der Waals surface area contributed by atoms with Crippen LogP contribution in [0.3, 0.4) is 0 Å². The van der Waals surface area contributed by atoms with Crippen LogP contribution >= 0.6 is 27.3 Å². The largest absolute Gasteiger partial charge is 0.463 e. The van der Waals surface area contributed by atoms with Gasteiger partial charge in [-0.3, -0.25) is 4.90 Å². The number of halogens is 1. The van der Waals surface area contributed by atoms with Gasteiger partial charge in [0, 0.05) is 12.6 Å². The molecule has 0 aliphatic heterocycles. The summed E-state index contributed by atoms with van der Waals surface area (Å²) in [6.07, 6.45) is 2.62. The van der Waals surface area contributed by atoms with Crippen LogP contribution in [-0.4, -0.2) is 18.0 Å². The first kappa shape index (κ1) is 15.3. The lowest BCUT2D eigenvalue weighted by Crippen LogP contribution is -2.16. The number of furan rings is 1. The van der Waals surface area contributed by atoms with Crippen molar-refractivity contribution in [3.63, 3.8) is 0 Å². The van der Waals surface area contributed by atoms with E-state index in [1.165, 1.54) is 27.8 Å². The fourth-order valence-corrected chi connectivity index (χ4v) is 3.63. The van der Waals surface area contributed by atoms with Gasteiger partial charge in [-0.15, -0.1) is 11.3 Å². The normalized spacial score (nSPS) is 15.0. The first-order chi connectivity index (χ1) is 10.1. The minimum Gasteiger partial charge on any atom is -0.463 e. The standard InChI is InChI=1S/C16H21BrN2OS/c1-11-5-14(20-15(11)7-18-13-3-4-13)9-19(2)8-12-6-16(17)21-10-12/h5-6,10,13,18H,3-4,7-9H2,1-2H3. The molecule has 5 heteroatoms. The molecule has 0 spiro atoms. The van der Waals surface area contributed by atoms with Crippen molar-refractivity contribution in [1.29, 1.82) is 0 Å². The number of aryl methyl sites for hydroxylation is 1. The summed E-state index contributed by atoms with van der Waals surface area (Å²) in [7, 11) is 2.13. The third-order valence-electron chi connectivity index (χ3n) is 3.70. The minimum atomic E-state index is 0.720. The predicted molar refractivity (Wildman–Crippen MR) is 90.5 cm³/mol. The first-order valence-electron chi connectivity index (χ1n) is 7.33.